The van der Waals surface area contributed by atoms with E-state index in [1.54, 1.807) is 0 Å². The highest BCUT2D eigenvalue weighted by molar-refractivity contribution is 7.89. The van der Waals surface area contributed by atoms with Crippen LogP contribution in [0.25, 0.3) is 0 Å². The summed E-state index contributed by atoms with van der Waals surface area (Å²) in [5.74, 6) is 0. The molecule has 122 valence electrons. The molecule has 7 nitrogen and oxygen atoms in total. The molecule has 0 amide bonds. The van der Waals surface area contributed by atoms with E-state index in [0.29, 0.717) is 6.54 Å². The first-order valence-electron chi connectivity index (χ1n) is 7.38. The zero-order valence-electron chi connectivity index (χ0n) is 12.6. The number of nitro benzene ring substituents is 1. The van der Waals surface area contributed by atoms with E-state index >= 15 is 0 Å². The third-order valence-corrected chi connectivity index (χ3v) is 5.49. The smallest absolute Gasteiger partial charge is 0.273 e. The minimum absolute atomic E-state index is 0.0251. The van der Waals surface area contributed by atoms with Crippen LogP contribution in [0.5, 0.6) is 0 Å². The Morgan fingerprint density at radius 1 is 1.32 bits per heavy atom. The molecule has 8 heteroatoms. The fourth-order valence-electron chi connectivity index (χ4n) is 2.68. The molecular formula is C14H21N3O4S. The summed E-state index contributed by atoms with van der Waals surface area (Å²) in [5, 5.41) is 10.9. The number of nitrogens with zero attached hydrogens (tertiary/aromatic N) is 2. The van der Waals surface area contributed by atoms with Gasteiger partial charge in [0.2, 0.25) is 10.0 Å². The summed E-state index contributed by atoms with van der Waals surface area (Å²) in [7, 11) is -3.72. The maximum absolute atomic E-state index is 12.3. The minimum atomic E-state index is -3.72. The van der Waals surface area contributed by atoms with Crippen molar-refractivity contribution in [2.24, 2.45) is 0 Å². The summed E-state index contributed by atoms with van der Waals surface area (Å²) < 4.78 is 27.1. The highest BCUT2D eigenvalue weighted by Crippen LogP contribution is 2.24. The summed E-state index contributed by atoms with van der Waals surface area (Å²) in [6.45, 7) is 4.82. The van der Waals surface area contributed by atoms with Gasteiger partial charge in [-0.15, -0.1) is 0 Å². The van der Waals surface area contributed by atoms with Crippen molar-refractivity contribution in [2.45, 2.75) is 31.1 Å². The molecule has 22 heavy (non-hydrogen) atoms. The van der Waals surface area contributed by atoms with Gasteiger partial charge in [-0.1, -0.05) is 6.07 Å². The van der Waals surface area contributed by atoms with Crippen molar-refractivity contribution >= 4 is 15.7 Å². The Morgan fingerprint density at radius 3 is 2.64 bits per heavy atom. The van der Waals surface area contributed by atoms with E-state index in [-0.39, 0.29) is 16.1 Å². The van der Waals surface area contributed by atoms with Gasteiger partial charge in [0.1, 0.15) is 0 Å². The van der Waals surface area contributed by atoms with Crippen molar-refractivity contribution in [3.05, 3.63) is 33.9 Å². The summed E-state index contributed by atoms with van der Waals surface area (Å²) in [6, 6.07) is 4.09. The second-order valence-electron chi connectivity index (χ2n) is 5.46. The predicted octanol–water partition coefficient (Wildman–Crippen LogP) is 1.67. The molecule has 1 aromatic rings. The molecule has 1 fully saturated rings. The molecule has 0 bridgehead atoms. The molecule has 0 radical (unpaired) electrons. The van der Waals surface area contributed by atoms with Gasteiger partial charge >= 0.3 is 0 Å². The standard InChI is InChI=1S/C14H21N3O4S/c1-12-13(17(18)19)6-4-7-14(12)22(20,21)15-8-5-11-16-9-2-3-10-16/h4,6-7,15H,2-3,5,8-11H2,1H3. The Morgan fingerprint density at radius 2 is 2.00 bits per heavy atom. The molecule has 1 saturated heterocycles. The number of hydrogen-bond acceptors (Lipinski definition) is 5. The van der Waals surface area contributed by atoms with Crippen LogP contribution in [0, 0.1) is 17.0 Å². The van der Waals surface area contributed by atoms with Crippen LogP contribution in [0.4, 0.5) is 5.69 Å². The molecule has 0 aromatic heterocycles. The van der Waals surface area contributed by atoms with E-state index in [9.17, 15) is 18.5 Å². The predicted molar refractivity (Wildman–Crippen MR) is 83.3 cm³/mol. The zero-order chi connectivity index (χ0) is 16.2. The number of nitrogens with one attached hydrogen (secondary N) is 1. The molecule has 1 aliphatic rings. The minimum Gasteiger partial charge on any atom is -0.303 e. The Kier molecular flexibility index (Phi) is 5.49. The number of rotatable bonds is 7. The molecular weight excluding hydrogens is 306 g/mol. The number of benzene rings is 1. The van der Waals surface area contributed by atoms with E-state index in [0.717, 1.165) is 26.1 Å². The van der Waals surface area contributed by atoms with Gasteiger partial charge in [-0.2, -0.15) is 0 Å². The Bertz CT molecular complexity index is 639. The van der Waals surface area contributed by atoms with Crippen LogP contribution >= 0.6 is 0 Å². The van der Waals surface area contributed by atoms with Crippen LogP contribution in [0.3, 0.4) is 0 Å². The lowest BCUT2D eigenvalue weighted by atomic mass is 10.2. The monoisotopic (exact) mass is 327 g/mol. The van der Waals surface area contributed by atoms with Crippen LogP contribution in [-0.4, -0.2) is 44.4 Å². The van der Waals surface area contributed by atoms with E-state index in [1.165, 1.54) is 38.0 Å². The summed E-state index contributed by atoms with van der Waals surface area (Å²) >= 11 is 0. The molecule has 0 spiro atoms. The molecule has 1 aromatic carbocycles. The first-order valence-corrected chi connectivity index (χ1v) is 8.86. The first kappa shape index (κ1) is 16.9. The molecule has 1 heterocycles. The van der Waals surface area contributed by atoms with E-state index in [1.807, 2.05) is 0 Å². The fourth-order valence-corrected chi connectivity index (χ4v) is 4.02. The van der Waals surface area contributed by atoms with Gasteiger partial charge in [-0.25, -0.2) is 13.1 Å². The lowest BCUT2D eigenvalue weighted by molar-refractivity contribution is -0.385. The van der Waals surface area contributed by atoms with Crippen molar-refractivity contribution in [3.8, 4) is 0 Å². The topological polar surface area (TPSA) is 92.5 Å². The average Bonchev–Trinajstić information content (AvgIpc) is 2.96. The first-order chi connectivity index (χ1) is 10.4. The Labute approximate surface area is 130 Å². The maximum Gasteiger partial charge on any atom is 0.273 e. The SMILES string of the molecule is Cc1c([N+](=O)[O-])cccc1S(=O)(=O)NCCCN1CCCC1. The Balaban J connectivity index is 1.98. The second-order valence-corrected chi connectivity index (χ2v) is 7.19. The van der Waals surface area contributed by atoms with Gasteiger partial charge in [0.15, 0.2) is 0 Å². The molecule has 0 unspecified atom stereocenters. The van der Waals surface area contributed by atoms with E-state index in [2.05, 4.69) is 9.62 Å². The lowest BCUT2D eigenvalue weighted by Crippen LogP contribution is -2.29. The quantitative estimate of drug-likeness (QED) is 0.467. The fraction of sp³-hybridized carbons (Fsp3) is 0.571. The van der Waals surface area contributed by atoms with Crippen LogP contribution in [0.1, 0.15) is 24.8 Å². The van der Waals surface area contributed by atoms with Gasteiger partial charge in [-0.05, 0) is 51.9 Å². The van der Waals surface area contributed by atoms with Gasteiger partial charge < -0.3 is 4.90 Å². The molecule has 0 atom stereocenters. The molecule has 0 aliphatic carbocycles. The summed E-state index contributed by atoms with van der Waals surface area (Å²) in [5.41, 5.74) is -0.0144. The van der Waals surface area contributed by atoms with Gasteiger partial charge in [-0.3, -0.25) is 10.1 Å². The number of sulfonamides is 1. The number of hydrogen-bond donors (Lipinski definition) is 1. The second kappa shape index (κ2) is 7.17. The molecule has 1 N–H and O–H groups in total. The number of nitro groups is 1. The summed E-state index contributed by atoms with van der Waals surface area (Å²) in [4.78, 5) is 12.6. The number of likely N-dealkylation sites (tertiary alicyclic amines) is 1. The van der Waals surface area contributed by atoms with Gasteiger partial charge in [0.05, 0.1) is 9.82 Å². The highest BCUT2D eigenvalue weighted by Gasteiger charge is 2.22. The van der Waals surface area contributed by atoms with Crippen LogP contribution < -0.4 is 4.72 Å². The van der Waals surface area contributed by atoms with Gasteiger partial charge in [0, 0.05) is 18.2 Å². The van der Waals surface area contributed by atoms with Crippen molar-refractivity contribution in [1.82, 2.24) is 9.62 Å². The van der Waals surface area contributed by atoms with Gasteiger partial charge in [0.25, 0.3) is 5.69 Å². The summed E-state index contributed by atoms with van der Waals surface area (Å²) in [6.07, 6.45) is 3.14. The molecule has 2 rings (SSSR count). The highest BCUT2D eigenvalue weighted by atomic mass is 32.2. The normalized spacial score (nSPS) is 16.0. The largest absolute Gasteiger partial charge is 0.303 e. The third kappa shape index (κ3) is 4.02. The van der Waals surface area contributed by atoms with Crippen LogP contribution in [0.2, 0.25) is 0 Å². The maximum atomic E-state index is 12.3. The third-order valence-electron chi connectivity index (χ3n) is 3.88. The zero-order valence-corrected chi connectivity index (χ0v) is 13.4. The van der Waals surface area contributed by atoms with Crippen LogP contribution in [0.15, 0.2) is 23.1 Å². The van der Waals surface area contributed by atoms with Crippen molar-refractivity contribution in [3.63, 3.8) is 0 Å². The Hall–Kier alpha value is -1.51. The van der Waals surface area contributed by atoms with Crippen molar-refractivity contribution in [1.29, 1.82) is 0 Å². The molecule has 0 saturated carbocycles. The molecule has 1 aliphatic heterocycles. The van der Waals surface area contributed by atoms with E-state index in [4.69, 9.17) is 0 Å². The van der Waals surface area contributed by atoms with Crippen molar-refractivity contribution in [2.75, 3.05) is 26.2 Å². The lowest BCUT2D eigenvalue weighted by Gasteiger charge is -2.14. The van der Waals surface area contributed by atoms with E-state index < -0.39 is 14.9 Å². The average molecular weight is 327 g/mol. The van der Waals surface area contributed by atoms with Crippen LogP contribution in [-0.2, 0) is 10.0 Å². The van der Waals surface area contributed by atoms with Crippen molar-refractivity contribution < 1.29 is 13.3 Å².